The fourth-order valence-electron chi connectivity index (χ4n) is 5.81. The zero-order valence-corrected chi connectivity index (χ0v) is 23.6. The minimum Gasteiger partial charge on any atom is -0.326 e. The number of pyridine rings is 1. The Morgan fingerprint density at radius 3 is 2.38 bits per heavy atom. The lowest BCUT2D eigenvalue weighted by atomic mass is 9.82. The Morgan fingerprint density at radius 1 is 0.975 bits per heavy atom. The molecule has 7 nitrogen and oxygen atoms in total. The quantitative estimate of drug-likeness (QED) is 0.255. The van der Waals surface area contributed by atoms with Crippen LogP contribution in [0.15, 0.2) is 36.7 Å². The Labute approximate surface area is 232 Å². The molecule has 0 spiro atoms. The van der Waals surface area contributed by atoms with E-state index in [0.717, 1.165) is 37.7 Å². The standard InChI is InChI=1S/C30H36F3N7/c1-17(2)40-20(5)36-29-24(32)12-23(13-26(29)40)28-25(33)15-35-30(38-28)37-27-7-6-22(14-34-27)19(4)21-8-10-39(11-9-21)16-18(3)31/h6-7,12-15,17-19,21H,8-11,16H2,1-5H3,(H,34,35,37,38)/t18?,19-/m0/s1. The minimum absolute atomic E-state index is 0.00815. The van der Waals surface area contributed by atoms with Crippen molar-refractivity contribution in [1.29, 1.82) is 0 Å². The summed E-state index contributed by atoms with van der Waals surface area (Å²) in [6.45, 7) is 11.9. The highest BCUT2D eigenvalue weighted by atomic mass is 19.1. The van der Waals surface area contributed by atoms with Gasteiger partial charge in [0.2, 0.25) is 5.95 Å². The highest BCUT2D eigenvalue weighted by molar-refractivity contribution is 5.83. The number of aromatic nitrogens is 5. The fraction of sp³-hybridized carbons (Fsp3) is 0.467. The van der Waals surface area contributed by atoms with Crippen LogP contribution in [0.2, 0.25) is 0 Å². The molecular formula is C30H36F3N7. The molecule has 1 aliphatic heterocycles. The van der Waals surface area contributed by atoms with Crippen LogP contribution in [0.5, 0.6) is 0 Å². The number of hydrogen-bond donors (Lipinski definition) is 1. The number of benzene rings is 1. The molecule has 1 saturated heterocycles. The summed E-state index contributed by atoms with van der Waals surface area (Å²) >= 11 is 0. The van der Waals surface area contributed by atoms with E-state index in [4.69, 9.17) is 0 Å². The van der Waals surface area contributed by atoms with Crippen molar-refractivity contribution in [3.63, 3.8) is 0 Å². The fourth-order valence-corrected chi connectivity index (χ4v) is 5.81. The molecule has 0 aliphatic carbocycles. The monoisotopic (exact) mass is 551 g/mol. The van der Waals surface area contributed by atoms with Crippen LogP contribution in [-0.2, 0) is 0 Å². The van der Waals surface area contributed by atoms with Gasteiger partial charge in [0.1, 0.15) is 29.0 Å². The Balaban J connectivity index is 1.32. The zero-order valence-electron chi connectivity index (χ0n) is 23.6. The van der Waals surface area contributed by atoms with E-state index in [-0.39, 0.29) is 23.2 Å². The van der Waals surface area contributed by atoms with Crippen LogP contribution < -0.4 is 5.32 Å². The van der Waals surface area contributed by atoms with E-state index in [0.29, 0.717) is 41.1 Å². The third-order valence-corrected chi connectivity index (χ3v) is 7.86. The van der Waals surface area contributed by atoms with Gasteiger partial charge in [0, 0.05) is 24.3 Å². The van der Waals surface area contributed by atoms with Gasteiger partial charge in [-0.05, 0) is 89.2 Å². The predicted octanol–water partition coefficient (Wildman–Crippen LogP) is 6.97. The average molecular weight is 552 g/mol. The number of alkyl halides is 1. The molecule has 1 unspecified atom stereocenters. The molecule has 5 rings (SSSR count). The molecule has 10 heteroatoms. The largest absolute Gasteiger partial charge is 0.326 e. The smallest absolute Gasteiger partial charge is 0.229 e. The number of anilines is 2. The number of hydrogen-bond acceptors (Lipinski definition) is 6. The highest BCUT2D eigenvalue weighted by Gasteiger charge is 2.26. The maximum Gasteiger partial charge on any atom is 0.229 e. The van der Waals surface area contributed by atoms with Crippen molar-refractivity contribution in [1.82, 2.24) is 29.4 Å². The molecule has 1 fully saturated rings. The van der Waals surface area contributed by atoms with Crippen molar-refractivity contribution in [3.05, 3.63) is 59.7 Å². The van der Waals surface area contributed by atoms with Gasteiger partial charge >= 0.3 is 0 Å². The van der Waals surface area contributed by atoms with Crippen LogP contribution in [-0.4, -0.2) is 55.2 Å². The van der Waals surface area contributed by atoms with E-state index in [1.807, 2.05) is 43.7 Å². The maximum absolute atomic E-state index is 15.0. The minimum atomic E-state index is -0.803. The molecule has 1 aliphatic rings. The maximum atomic E-state index is 15.0. The SMILES string of the molecule is Cc1nc2c(F)cc(-c3nc(Nc4ccc([C@@H](C)C5CCN(CC(C)F)CC5)cn4)ncc3F)cc2n1C(C)C. The Kier molecular flexibility index (Phi) is 8.07. The van der Waals surface area contributed by atoms with Crippen molar-refractivity contribution >= 4 is 22.8 Å². The third kappa shape index (κ3) is 5.82. The first-order chi connectivity index (χ1) is 19.1. The van der Waals surface area contributed by atoms with Gasteiger partial charge in [-0.1, -0.05) is 13.0 Å². The summed E-state index contributed by atoms with van der Waals surface area (Å²) in [5, 5.41) is 3.04. The van der Waals surface area contributed by atoms with Gasteiger partial charge in [-0.25, -0.2) is 33.1 Å². The number of nitrogens with zero attached hydrogens (tertiary/aromatic N) is 6. The lowest BCUT2D eigenvalue weighted by molar-refractivity contribution is 0.138. The van der Waals surface area contributed by atoms with Gasteiger partial charge in [0.05, 0.1) is 11.7 Å². The lowest BCUT2D eigenvalue weighted by Crippen LogP contribution is -2.38. The second-order valence-electron chi connectivity index (χ2n) is 11.1. The van der Waals surface area contributed by atoms with E-state index in [1.165, 1.54) is 6.07 Å². The number of aryl methyl sites for hydroxylation is 1. The highest BCUT2D eigenvalue weighted by Crippen LogP contribution is 2.33. The second kappa shape index (κ2) is 11.5. The summed E-state index contributed by atoms with van der Waals surface area (Å²) in [6, 6.07) is 6.91. The van der Waals surface area contributed by atoms with Gasteiger partial charge in [-0.2, -0.15) is 0 Å². The van der Waals surface area contributed by atoms with Crippen LogP contribution in [0.4, 0.5) is 24.9 Å². The Morgan fingerprint density at radius 2 is 1.73 bits per heavy atom. The molecular weight excluding hydrogens is 515 g/mol. The lowest BCUT2D eigenvalue weighted by Gasteiger charge is -2.35. The van der Waals surface area contributed by atoms with E-state index in [1.54, 1.807) is 13.0 Å². The number of piperidine rings is 1. The molecule has 4 aromatic rings. The van der Waals surface area contributed by atoms with E-state index < -0.39 is 17.8 Å². The van der Waals surface area contributed by atoms with Crippen LogP contribution in [0.25, 0.3) is 22.3 Å². The average Bonchev–Trinajstić information content (AvgIpc) is 3.26. The molecule has 1 aromatic carbocycles. The summed E-state index contributed by atoms with van der Waals surface area (Å²) in [6.07, 6.45) is 4.17. The number of halogens is 3. The predicted molar refractivity (Wildman–Crippen MR) is 151 cm³/mol. The second-order valence-corrected chi connectivity index (χ2v) is 11.1. The number of imidazole rings is 1. The van der Waals surface area contributed by atoms with E-state index in [2.05, 4.69) is 37.1 Å². The zero-order chi connectivity index (χ0) is 28.6. The summed E-state index contributed by atoms with van der Waals surface area (Å²) in [7, 11) is 0. The summed E-state index contributed by atoms with van der Waals surface area (Å²) in [5.74, 6) is 1.03. The van der Waals surface area contributed by atoms with Crippen LogP contribution >= 0.6 is 0 Å². The van der Waals surface area contributed by atoms with Crippen molar-refractivity contribution in [2.75, 3.05) is 25.0 Å². The molecule has 0 bridgehead atoms. The first-order valence-electron chi connectivity index (χ1n) is 13.9. The molecule has 4 heterocycles. The topological polar surface area (TPSA) is 71.8 Å². The van der Waals surface area contributed by atoms with Crippen molar-refractivity contribution in [2.24, 2.45) is 5.92 Å². The van der Waals surface area contributed by atoms with Gasteiger partial charge in [0.15, 0.2) is 11.6 Å². The molecule has 0 saturated carbocycles. The number of nitrogens with one attached hydrogen (secondary N) is 1. The molecule has 212 valence electrons. The number of rotatable bonds is 8. The molecule has 0 radical (unpaired) electrons. The first kappa shape index (κ1) is 28.0. The van der Waals surface area contributed by atoms with Crippen molar-refractivity contribution in [3.8, 4) is 11.3 Å². The molecule has 0 amide bonds. The van der Waals surface area contributed by atoms with Crippen LogP contribution in [0.3, 0.4) is 0 Å². The van der Waals surface area contributed by atoms with Crippen LogP contribution in [0.1, 0.15) is 63.9 Å². The molecule has 2 atom stereocenters. The van der Waals surface area contributed by atoms with Crippen molar-refractivity contribution in [2.45, 2.75) is 65.6 Å². The normalized spacial score (nSPS) is 16.5. The summed E-state index contributed by atoms with van der Waals surface area (Å²) in [4.78, 5) is 19.5. The number of likely N-dealkylation sites (tertiary alicyclic amines) is 1. The third-order valence-electron chi connectivity index (χ3n) is 7.86. The molecule has 3 aromatic heterocycles. The van der Waals surface area contributed by atoms with E-state index in [9.17, 15) is 13.2 Å². The summed E-state index contributed by atoms with van der Waals surface area (Å²) in [5.41, 5.74) is 2.26. The van der Waals surface area contributed by atoms with Gasteiger partial charge in [-0.3, -0.25) is 0 Å². The van der Waals surface area contributed by atoms with Gasteiger partial charge < -0.3 is 14.8 Å². The number of fused-ring (bicyclic) bond motifs is 1. The first-order valence-corrected chi connectivity index (χ1v) is 13.9. The van der Waals surface area contributed by atoms with Gasteiger partial charge in [-0.15, -0.1) is 0 Å². The van der Waals surface area contributed by atoms with Gasteiger partial charge in [0.25, 0.3) is 0 Å². The molecule has 1 N–H and O–H groups in total. The van der Waals surface area contributed by atoms with E-state index >= 15 is 0 Å². The van der Waals surface area contributed by atoms with Crippen molar-refractivity contribution < 1.29 is 13.2 Å². The Bertz CT molecular complexity index is 1480. The molecule has 40 heavy (non-hydrogen) atoms. The Hall–Kier alpha value is -3.53. The van der Waals surface area contributed by atoms with Crippen LogP contribution in [0, 0.1) is 24.5 Å². The summed E-state index contributed by atoms with van der Waals surface area (Å²) < 4.78 is 45.1.